The molecule has 0 aliphatic heterocycles. The summed E-state index contributed by atoms with van der Waals surface area (Å²) in [4.78, 5) is 11.0. The Kier molecular flexibility index (Phi) is 3.97. The zero-order chi connectivity index (χ0) is 13.0. The van der Waals surface area contributed by atoms with Crippen molar-refractivity contribution >= 4 is 22.4 Å². The van der Waals surface area contributed by atoms with Gasteiger partial charge in [0.15, 0.2) is 0 Å². The molecule has 0 bridgehead atoms. The lowest BCUT2D eigenvalue weighted by molar-refractivity contribution is 0.726. The first-order valence-electron chi connectivity index (χ1n) is 6.51. The van der Waals surface area contributed by atoms with Gasteiger partial charge < -0.3 is 10.6 Å². The summed E-state index contributed by atoms with van der Waals surface area (Å²) in [5.41, 5.74) is 7.44. The standard InChI is InChI=1S/C14H20N4/c1-3-5-8-18(4-2)14-12-7-6-11(15)9-13(12)16-10-17-14/h6-7,9-10H,3-5,8,15H2,1-2H3. The van der Waals surface area contributed by atoms with Gasteiger partial charge in [-0.05, 0) is 31.5 Å². The van der Waals surface area contributed by atoms with Gasteiger partial charge in [-0.3, -0.25) is 0 Å². The van der Waals surface area contributed by atoms with Crippen LogP contribution in [0.25, 0.3) is 10.9 Å². The van der Waals surface area contributed by atoms with E-state index in [0.717, 1.165) is 35.5 Å². The van der Waals surface area contributed by atoms with E-state index in [2.05, 4.69) is 28.7 Å². The predicted octanol–water partition coefficient (Wildman–Crippen LogP) is 2.84. The fourth-order valence-electron chi connectivity index (χ4n) is 2.07. The molecule has 0 spiro atoms. The van der Waals surface area contributed by atoms with E-state index >= 15 is 0 Å². The Hall–Kier alpha value is -1.84. The Labute approximate surface area is 108 Å². The van der Waals surface area contributed by atoms with Crippen LogP contribution in [0.1, 0.15) is 26.7 Å². The van der Waals surface area contributed by atoms with Crippen LogP contribution in [-0.2, 0) is 0 Å². The maximum atomic E-state index is 5.79. The van der Waals surface area contributed by atoms with E-state index < -0.39 is 0 Å². The predicted molar refractivity (Wildman–Crippen MR) is 76.7 cm³/mol. The number of aromatic nitrogens is 2. The third-order valence-corrected chi connectivity index (χ3v) is 3.10. The van der Waals surface area contributed by atoms with Crippen LogP contribution in [0.15, 0.2) is 24.5 Å². The molecular formula is C14H20N4. The summed E-state index contributed by atoms with van der Waals surface area (Å²) in [5.74, 6) is 1.01. The van der Waals surface area contributed by atoms with Crippen LogP contribution < -0.4 is 10.6 Å². The zero-order valence-corrected chi connectivity index (χ0v) is 11.1. The molecule has 4 nitrogen and oxygen atoms in total. The molecule has 1 aromatic carbocycles. The molecule has 2 rings (SSSR count). The second-order valence-corrected chi connectivity index (χ2v) is 4.41. The molecule has 2 N–H and O–H groups in total. The van der Waals surface area contributed by atoms with Crippen molar-refractivity contribution in [1.29, 1.82) is 0 Å². The molecule has 0 aliphatic rings. The number of hydrogen-bond acceptors (Lipinski definition) is 4. The normalized spacial score (nSPS) is 10.8. The average molecular weight is 244 g/mol. The van der Waals surface area contributed by atoms with Crippen LogP contribution in [0.4, 0.5) is 11.5 Å². The number of rotatable bonds is 5. The summed E-state index contributed by atoms with van der Waals surface area (Å²) < 4.78 is 0. The molecule has 96 valence electrons. The lowest BCUT2D eigenvalue weighted by Crippen LogP contribution is -2.25. The lowest BCUT2D eigenvalue weighted by atomic mass is 10.2. The van der Waals surface area contributed by atoms with Gasteiger partial charge in [-0.15, -0.1) is 0 Å². The maximum absolute atomic E-state index is 5.79. The third kappa shape index (κ3) is 2.53. The fraction of sp³-hybridized carbons (Fsp3) is 0.429. The largest absolute Gasteiger partial charge is 0.399 e. The molecule has 18 heavy (non-hydrogen) atoms. The molecule has 1 aromatic heterocycles. The minimum atomic E-state index is 0.740. The third-order valence-electron chi connectivity index (χ3n) is 3.10. The lowest BCUT2D eigenvalue weighted by Gasteiger charge is -2.22. The highest BCUT2D eigenvalue weighted by molar-refractivity contribution is 5.91. The van der Waals surface area contributed by atoms with E-state index in [-0.39, 0.29) is 0 Å². The number of nitrogens with two attached hydrogens (primary N) is 1. The van der Waals surface area contributed by atoms with Crippen molar-refractivity contribution < 1.29 is 0 Å². The first-order valence-corrected chi connectivity index (χ1v) is 6.51. The van der Waals surface area contributed by atoms with Gasteiger partial charge in [-0.1, -0.05) is 13.3 Å². The Morgan fingerprint density at radius 1 is 1.22 bits per heavy atom. The van der Waals surface area contributed by atoms with Gasteiger partial charge in [0.1, 0.15) is 12.1 Å². The Bertz CT molecular complexity index is 524. The highest BCUT2D eigenvalue weighted by Gasteiger charge is 2.10. The SMILES string of the molecule is CCCCN(CC)c1ncnc2cc(N)ccc12. The van der Waals surface area contributed by atoms with Crippen LogP contribution in [0.5, 0.6) is 0 Å². The number of nitrogens with zero attached hydrogens (tertiary/aromatic N) is 3. The van der Waals surface area contributed by atoms with Crippen molar-refractivity contribution in [3.63, 3.8) is 0 Å². The Balaban J connectivity index is 2.42. The van der Waals surface area contributed by atoms with Crippen LogP contribution in [0.3, 0.4) is 0 Å². The van der Waals surface area contributed by atoms with E-state index in [4.69, 9.17) is 5.73 Å². The number of hydrogen-bond donors (Lipinski definition) is 1. The summed E-state index contributed by atoms with van der Waals surface area (Å²) in [6, 6.07) is 5.81. The van der Waals surface area contributed by atoms with E-state index in [1.807, 2.05) is 18.2 Å². The van der Waals surface area contributed by atoms with Crippen molar-refractivity contribution in [2.45, 2.75) is 26.7 Å². The van der Waals surface area contributed by atoms with Gasteiger partial charge in [-0.25, -0.2) is 9.97 Å². The van der Waals surface area contributed by atoms with Crippen molar-refractivity contribution in [3.05, 3.63) is 24.5 Å². The molecular weight excluding hydrogens is 224 g/mol. The van der Waals surface area contributed by atoms with Crippen molar-refractivity contribution in [2.24, 2.45) is 0 Å². The van der Waals surface area contributed by atoms with E-state index in [1.165, 1.54) is 12.8 Å². The molecule has 0 aliphatic carbocycles. The van der Waals surface area contributed by atoms with Crippen LogP contribution in [-0.4, -0.2) is 23.1 Å². The van der Waals surface area contributed by atoms with E-state index in [9.17, 15) is 0 Å². The average Bonchev–Trinajstić information content (AvgIpc) is 2.39. The van der Waals surface area contributed by atoms with Crippen LogP contribution in [0, 0.1) is 0 Å². The molecule has 0 unspecified atom stereocenters. The highest BCUT2D eigenvalue weighted by atomic mass is 15.2. The maximum Gasteiger partial charge on any atom is 0.139 e. The molecule has 0 saturated heterocycles. The molecule has 4 heteroatoms. The number of nitrogen functional groups attached to an aromatic ring is 1. The summed E-state index contributed by atoms with van der Waals surface area (Å²) >= 11 is 0. The Morgan fingerprint density at radius 2 is 2.06 bits per heavy atom. The summed E-state index contributed by atoms with van der Waals surface area (Å²) in [7, 11) is 0. The Morgan fingerprint density at radius 3 is 2.78 bits per heavy atom. The minimum absolute atomic E-state index is 0.740. The van der Waals surface area contributed by atoms with Crippen molar-refractivity contribution in [3.8, 4) is 0 Å². The second-order valence-electron chi connectivity index (χ2n) is 4.41. The fourth-order valence-corrected chi connectivity index (χ4v) is 2.07. The van der Waals surface area contributed by atoms with Crippen molar-refractivity contribution in [2.75, 3.05) is 23.7 Å². The molecule has 0 atom stereocenters. The molecule has 0 radical (unpaired) electrons. The number of anilines is 2. The summed E-state index contributed by atoms with van der Waals surface area (Å²) in [6.07, 6.45) is 3.98. The van der Waals surface area contributed by atoms with E-state index in [0.29, 0.717) is 0 Å². The molecule has 1 heterocycles. The molecule has 2 aromatic rings. The number of benzene rings is 1. The number of fused-ring (bicyclic) bond motifs is 1. The highest BCUT2D eigenvalue weighted by Crippen LogP contribution is 2.24. The van der Waals surface area contributed by atoms with Gasteiger partial charge in [0.2, 0.25) is 0 Å². The monoisotopic (exact) mass is 244 g/mol. The first kappa shape index (κ1) is 12.6. The quantitative estimate of drug-likeness (QED) is 0.822. The molecule has 0 fully saturated rings. The van der Waals surface area contributed by atoms with Crippen LogP contribution in [0.2, 0.25) is 0 Å². The van der Waals surface area contributed by atoms with Gasteiger partial charge in [0, 0.05) is 24.2 Å². The van der Waals surface area contributed by atoms with E-state index in [1.54, 1.807) is 6.33 Å². The van der Waals surface area contributed by atoms with Crippen molar-refractivity contribution in [1.82, 2.24) is 9.97 Å². The number of unbranched alkanes of at least 4 members (excludes halogenated alkanes) is 1. The summed E-state index contributed by atoms with van der Waals surface area (Å²) in [5, 5.41) is 1.07. The van der Waals surface area contributed by atoms with Gasteiger partial charge >= 0.3 is 0 Å². The van der Waals surface area contributed by atoms with Gasteiger partial charge in [0.25, 0.3) is 0 Å². The second kappa shape index (κ2) is 5.67. The zero-order valence-electron chi connectivity index (χ0n) is 11.1. The first-order chi connectivity index (χ1) is 8.76. The van der Waals surface area contributed by atoms with Gasteiger partial charge in [0.05, 0.1) is 5.52 Å². The topological polar surface area (TPSA) is 55.0 Å². The van der Waals surface area contributed by atoms with Gasteiger partial charge in [-0.2, -0.15) is 0 Å². The molecule has 0 saturated carbocycles. The smallest absolute Gasteiger partial charge is 0.139 e. The van der Waals surface area contributed by atoms with Crippen LogP contribution >= 0.6 is 0 Å². The summed E-state index contributed by atoms with van der Waals surface area (Å²) in [6.45, 7) is 6.34. The minimum Gasteiger partial charge on any atom is -0.399 e. The molecule has 0 amide bonds.